The molecule has 0 amide bonds. The van der Waals surface area contributed by atoms with E-state index in [1.165, 1.54) is 0 Å². The Balaban J connectivity index is 2.19. The number of thioether (sulfide) groups is 1. The Morgan fingerprint density at radius 2 is 2.07 bits per heavy atom. The van der Waals surface area contributed by atoms with Gasteiger partial charge in [0, 0.05) is 11.4 Å². The molecule has 0 atom stereocenters. The zero-order valence-electron chi connectivity index (χ0n) is 7.77. The zero-order chi connectivity index (χ0) is 10.2. The van der Waals surface area contributed by atoms with Crippen molar-refractivity contribution >= 4 is 17.4 Å². The third kappa shape index (κ3) is 4.06. The van der Waals surface area contributed by atoms with Gasteiger partial charge in [0.25, 0.3) is 0 Å². The second-order valence-corrected chi connectivity index (χ2v) is 3.73. The van der Waals surface area contributed by atoms with Crippen molar-refractivity contribution in [3.05, 3.63) is 24.3 Å². The SMILES string of the molecule is N#CCSCCOc1ccc(N)cc1. The summed E-state index contributed by atoms with van der Waals surface area (Å²) in [7, 11) is 0. The molecule has 0 aliphatic carbocycles. The Labute approximate surface area is 87.9 Å². The van der Waals surface area contributed by atoms with Crippen LogP contribution in [0.4, 0.5) is 5.69 Å². The average Bonchev–Trinajstić information content (AvgIpc) is 2.21. The number of ether oxygens (including phenoxy) is 1. The number of hydrogen-bond donors (Lipinski definition) is 1. The minimum absolute atomic E-state index is 0.519. The van der Waals surface area contributed by atoms with Crippen molar-refractivity contribution in [3.8, 4) is 11.8 Å². The third-order valence-corrected chi connectivity index (χ3v) is 2.33. The summed E-state index contributed by atoms with van der Waals surface area (Å²) in [5.74, 6) is 2.17. The van der Waals surface area contributed by atoms with Gasteiger partial charge in [-0.25, -0.2) is 0 Å². The Hall–Kier alpha value is -1.34. The Bertz CT molecular complexity index is 305. The van der Waals surface area contributed by atoms with Crippen molar-refractivity contribution < 1.29 is 4.74 Å². The topological polar surface area (TPSA) is 59.0 Å². The molecule has 14 heavy (non-hydrogen) atoms. The maximum Gasteiger partial charge on any atom is 0.119 e. The largest absolute Gasteiger partial charge is 0.493 e. The van der Waals surface area contributed by atoms with Crippen LogP contribution < -0.4 is 10.5 Å². The van der Waals surface area contributed by atoms with Gasteiger partial charge >= 0.3 is 0 Å². The highest BCUT2D eigenvalue weighted by atomic mass is 32.2. The van der Waals surface area contributed by atoms with Crippen LogP contribution in [-0.2, 0) is 0 Å². The fourth-order valence-corrected chi connectivity index (χ4v) is 1.34. The summed E-state index contributed by atoms with van der Waals surface area (Å²) in [5, 5.41) is 8.29. The van der Waals surface area contributed by atoms with E-state index >= 15 is 0 Å². The van der Waals surface area contributed by atoms with E-state index in [0.29, 0.717) is 12.4 Å². The van der Waals surface area contributed by atoms with Gasteiger partial charge in [0.1, 0.15) is 5.75 Å². The summed E-state index contributed by atoms with van der Waals surface area (Å²) < 4.78 is 5.42. The number of hydrogen-bond acceptors (Lipinski definition) is 4. The van der Waals surface area contributed by atoms with Gasteiger partial charge in [-0.3, -0.25) is 0 Å². The number of nitriles is 1. The van der Waals surface area contributed by atoms with Crippen LogP contribution in [0.15, 0.2) is 24.3 Å². The lowest BCUT2D eigenvalue weighted by atomic mass is 10.3. The first-order valence-electron chi connectivity index (χ1n) is 4.26. The van der Waals surface area contributed by atoms with Crippen LogP contribution in [0.2, 0.25) is 0 Å². The summed E-state index contributed by atoms with van der Waals surface area (Å²) in [6.45, 7) is 0.621. The Morgan fingerprint density at radius 1 is 1.36 bits per heavy atom. The predicted molar refractivity (Wildman–Crippen MR) is 59.3 cm³/mol. The monoisotopic (exact) mass is 208 g/mol. The summed E-state index contributed by atoms with van der Waals surface area (Å²) in [6, 6.07) is 9.35. The zero-order valence-corrected chi connectivity index (χ0v) is 8.59. The number of benzene rings is 1. The van der Waals surface area contributed by atoms with Crippen molar-refractivity contribution in [2.45, 2.75) is 0 Å². The molecule has 0 aliphatic heterocycles. The second-order valence-electron chi connectivity index (χ2n) is 2.63. The minimum Gasteiger partial charge on any atom is -0.493 e. The van der Waals surface area contributed by atoms with Crippen LogP contribution in [0, 0.1) is 11.3 Å². The van der Waals surface area contributed by atoms with E-state index in [1.54, 1.807) is 23.9 Å². The van der Waals surface area contributed by atoms with Gasteiger partial charge < -0.3 is 10.5 Å². The molecule has 3 nitrogen and oxygen atoms in total. The molecule has 0 aromatic heterocycles. The van der Waals surface area contributed by atoms with Gasteiger partial charge in [-0.15, -0.1) is 11.8 Å². The van der Waals surface area contributed by atoms with Gasteiger partial charge in [0.05, 0.1) is 18.4 Å². The van der Waals surface area contributed by atoms with Crippen LogP contribution in [-0.4, -0.2) is 18.1 Å². The van der Waals surface area contributed by atoms with E-state index in [4.69, 9.17) is 15.7 Å². The van der Waals surface area contributed by atoms with Crippen LogP contribution in [0.25, 0.3) is 0 Å². The molecule has 0 unspecified atom stereocenters. The highest BCUT2D eigenvalue weighted by molar-refractivity contribution is 7.99. The molecule has 74 valence electrons. The molecule has 1 rings (SSSR count). The number of nitrogen functional groups attached to an aromatic ring is 1. The van der Waals surface area contributed by atoms with Gasteiger partial charge in [0.15, 0.2) is 0 Å². The first kappa shape index (κ1) is 10.7. The van der Waals surface area contributed by atoms with Crippen LogP contribution in [0.3, 0.4) is 0 Å². The molecule has 1 aromatic rings. The highest BCUT2D eigenvalue weighted by Crippen LogP contribution is 2.13. The quantitative estimate of drug-likeness (QED) is 0.593. The van der Waals surface area contributed by atoms with Crippen molar-refractivity contribution in [1.82, 2.24) is 0 Å². The van der Waals surface area contributed by atoms with Gasteiger partial charge in [0.2, 0.25) is 0 Å². The van der Waals surface area contributed by atoms with Crippen LogP contribution in [0.1, 0.15) is 0 Å². The van der Waals surface area contributed by atoms with Gasteiger partial charge in [-0.05, 0) is 24.3 Å². The van der Waals surface area contributed by atoms with Crippen LogP contribution in [0.5, 0.6) is 5.75 Å². The van der Waals surface area contributed by atoms with E-state index in [-0.39, 0.29) is 0 Å². The molecule has 2 N–H and O–H groups in total. The molecule has 1 aromatic carbocycles. The smallest absolute Gasteiger partial charge is 0.119 e. The van der Waals surface area contributed by atoms with Crippen molar-refractivity contribution in [2.75, 3.05) is 23.8 Å². The fraction of sp³-hybridized carbons (Fsp3) is 0.300. The fourth-order valence-electron chi connectivity index (χ4n) is 0.900. The van der Waals surface area contributed by atoms with Crippen molar-refractivity contribution in [2.24, 2.45) is 0 Å². The molecule has 0 fully saturated rings. The van der Waals surface area contributed by atoms with Gasteiger partial charge in [-0.1, -0.05) is 0 Å². The molecule has 4 heteroatoms. The Kier molecular flexibility index (Phi) is 4.73. The predicted octanol–water partition coefficient (Wildman–Crippen LogP) is 1.90. The van der Waals surface area contributed by atoms with Crippen LogP contribution >= 0.6 is 11.8 Å². The van der Waals surface area contributed by atoms with Crippen molar-refractivity contribution in [3.63, 3.8) is 0 Å². The normalized spacial score (nSPS) is 9.36. The van der Waals surface area contributed by atoms with E-state index in [2.05, 4.69) is 6.07 Å². The maximum absolute atomic E-state index is 8.29. The molecule has 0 saturated carbocycles. The third-order valence-electron chi connectivity index (χ3n) is 1.54. The number of nitrogens with zero attached hydrogens (tertiary/aromatic N) is 1. The molecule has 0 heterocycles. The Morgan fingerprint density at radius 3 is 2.71 bits per heavy atom. The summed E-state index contributed by atoms with van der Waals surface area (Å²) in [6.07, 6.45) is 0. The second kappa shape index (κ2) is 6.17. The first-order valence-corrected chi connectivity index (χ1v) is 5.41. The molecular weight excluding hydrogens is 196 g/mol. The van der Waals surface area contributed by atoms with Gasteiger partial charge in [-0.2, -0.15) is 5.26 Å². The minimum atomic E-state index is 0.519. The summed E-state index contributed by atoms with van der Waals surface area (Å²) in [5.41, 5.74) is 6.26. The molecule has 0 radical (unpaired) electrons. The molecule has 0 spiro atoms. The summed E-state index contributed by atoms with van der Waals surface area (Å²) in [4.78, 5) is 0. The number of rotatable bonds is 5. The maximum atomic E-state index is 8.29. The molecule has 0 saturated heterocycles. The van der Waals surface area contributed by atoms with Crippen molar-refractivity contribution in [1.29, 1.82) is 5.26 Å². The number of nitrogens with two attached hydrogens (primary N) is 1. The van der Waals surface area contributed by atoms with E-state index in [0.717, 1.165) is 17.2 Å². The first-order chi connectivity index (χ1) is 6.83. The lowest BCUT2D eigenvalue weighted by Crippen LogP contribution is -2.00. The molecular formula is C10H12N2OS. The number of anilines is 1. The van der Waals surface area contributed by atoms with E-state index in [1.807, 2.05) is 12.1 Å². The molecule has 0 aliphatic rings. The lowest BCUT2D eigenvalue weighted by molar-refractivity contribution is 0.344. The summed E-state index contributed by atoms with van der Waals surface area (Å²) >= 11 is 1.56. The highest BCUT2D eigenvalue weighted by Gasteiger charge is 1.93. The lowest BCUT2D eigenvalue weighted by Gasteiger charge is -2.04. The standard InChI is InChI=1S/C10H12N2OS/c11-5-7-14-8-6-13-10-3-1-9(12)2-4-10/h1-4H,6-8,12H2. The average molecular weight is 208 g/mol. The van der Waals surface area contributed by atoms with E-state index < -0.39 is 0 Å². The molecule has 0 bridgehead atoms. The van der Waals surface area contributed by atoms with E-state index in [9.17, 15) is 0 Å².